The summed E-state index contributed by atoms with van der Waals surface area (Å²) in [5.74, 6) is -1.17. The molecule has 0 aromatic carbocycles. The van der Waals surface area contributed by atoms with Crippen LogP contribution in [0.2, 0.25) is 0 Å². The van der Waals surface area contributed by atoms with E-state index in [2.05, 4.69) is 0 Å². The predicted octanol–water partition coefficient (Wildman–Crippen LogP) is 1.39. The van der Waals surface area contributed by atoms with Crippen LogP contribution in [0.5, 0.6) is 0 Å². The first-order chi connectivity index (χ1) is 7.71. The van der Waals surface area contributed by atoms with Crippen LogP contribution in [0.15, 0.2) is 0 Å². The van der Waals surface area contributed by atoms with Gasteiger partial charge in [-0.25, -0.2) is 4.72 Å². The van der Waals surface area contributed by atoms with Crippen LogP contribution in [0.25, 0.3) is 0 Å². The van der Waals surface area contributed by atoms with E-state index in [4.69, 9.17) is 0 Å². The second-order valence-electron chi connectivity index (χ2n) is 4.70. The van der Waals surface area contributed by atoms with E-state index in [9.17, 15) is 26.4 Å². The molecule has 0 saturated heterocycles. The second-order valence-corrected chi connectivity index (χ2v) is 6.37. The van der Waals surface area contributed by atoms with Gasteiger partial charge in [-0.05, 0) is 31.1 Å². The van der Waals surface area contributed by atoms with Crippen molar-refractivity contribution in [2.24, 2.45) is 17.8 Å². The normalized spacial score (nSPS) is 32.8. The monoisotopic (exact) mass is 271 g/mol. The van der Waals surface area contributed by atoms with Crippen LogP contribution in [-0.2, 0) is 14.8 Å². The molecule has 2 aliphatic carbocycles. The molecule has 0 radical (unpaired) electrons. The van der Waals surface area contributed by atoms with Crippen molar-refractivity contribution in [3.05, 3.63) is 0 Å². The van der Waals surface area contributed by atoms with Gasteiger partial charge in [-0.3, -0.25) is 4.79 Å². The molecule has 4 nitrogen and oxygen atoms in total. The highest BCUT2D eigenvalue weighted by molar-refractivity contribution is 7.90. The lowest BCUT2D eigenvalue weighted by atomic mass is 9.88. The number of hydrogen-bond acceptors (Lipinski definition) is 3. The van der Waals surface area contributed by atoms with Crippen molar-refractivity contribution >= 4 is 15.9 Å². The van der Waals surface area contributed by atoms with E-state index in [1.165, 1.54) is 0 Å². The molecule has 8 heteroatoms. The van der Waals surface area contributed by atoms with Crippen molar-refractivity contribution in [2.45, 2.75) is 31.2 Å². The van der Waals surface area contributed by atoms with Crippen LogP contribution in [0.3, 0.4) is 0 Å². The summed E-state index contributed by atoms with van der Waals surface area (Å²) in [7, 11) is -5.55. The topological polar surface area (TPSA) is 63.2 Å². The zero-order chi connectivity index (χ0) is 12.8. The van der Waals surface area contributed by atoms with Gasteiger partial charge in [0.1, 0.15) is 0 Å². The van der Waals surface area contributed by atoms with Gasteiger partial charge in [0, 0.05) is 5.92 Å². The molecule has 3 atom stereocenters. The number of carbonyl (C=O) groups is 1. The average molecular weight is 271 g/mol. The SMILES string of the molecule is O=C(NS(=O)(=O)C(F)(F)F)C1CC2CCC1C2. The Kier molecular flexibility index (Phi) is 2.87. The molecular weight excluding hydrogens is 259 g/mol. The molecule has 1 N–H and O–H groups in total. The summed E-state index contributed by atoms with van der Waals surface area (Å²) in [6.45, 7) is 0. The molecule has 2 rings (SSSR count). The molecule has 0 aliphatic heterocycles. The van der Waals surface area contributed by atoms with Crippen LogP contribution in [0.1, 0.15) is 25.7 Å². The Hall–Kier alpha value is -0.790. The highest BCUT2D eigenvalue weighted by atomic mass is 32.2. The Labute approximate surface area is 96.6 Å². The van der Waals surface area contributed by atoms with Crippen LogP contribution < -0.4 is 4.72 Å². The third-order valence-electron chi connectivity index (χ3n) is 3.61. The number of rotatable bonds is 2. The first-order valence-electron chi connectivity index (χ1n) is 5.33. The number of amides is 1. The number of nitrogens with one attached hydrogen (secondary N) is 1. The zero-order valence-electron chi connectivity index (χ0n) is 8.83. The molecular formula is C9H12F3NO3S. The number of sulfonamides is 1. The number of hydrogen-bond donors (Lipinski definition) is 1. The third kappa shape index (κ3) is 2.27. The Morgan fingerprint density at radius 3 is 2.24 bits per heavy atom. The summed E-state index contributed by atoms with van der Waals surface area (Å²) in [6.07, 6.45) is 3.11. The van der Waals surface area contributed by atoms with Crippen LogP contribution in [-0.4, -0.2) is 19.8 Å². The van der Waals surface area contributed by atoms with E-state index >= 15 is 0 Å². The van der Waals surface area contributed by atoms with Gasteiger partial charge in [-0.2, -0.15) is 21.6 Å². The van der Waals surface area contributed by atoms with Crippen molar-refractivity contribution in [3.63, 3.8) is 0 Å². The molecule has 0 aromatic rings. The molecule has 2 fully saturated rings. The molecule has 2 bridgehead atoms. The molecule has 1 amide bonds. The maximum absolute atomic E-state index is 12.1. The summed E-state index contributed by atoms with van der Waals surface area (Å²) in [4.78, 5) is 11.5. The highest BCUT2D eigenvalue weighted by Crippen LogP contribution is 2.48. The van der Waals surface area contributed by atoms with Crippen molar-refractivity contribution in [1.82, 2.24) is 4.72 Å². The van der Waals surface area contributed by atoms with E-state index in [0.29, 0.717) is 12.3 Å². The molecule has 0 heterocycles. The van der Waals surface area contributed by atoms with E-state index in [1.54, 1.807) is 0 Å². The fourth-order valence-electron chi connectivity index (χ4n) is 2.83. The smallest absolute Gasteiger partial charge is 0.274 e. The van der Waals surface area contributed by atoms with Crippen LogP contribution >= 0.6 is 0 Å². The Morgan fingerprint density at radius 1 is 1.18 bits per heavy atom. The highest BCUT2D eigenvalue weighted by Gasteiger charge is 2.50. The van der Waals surface area contributed by atoms with Gasteiger partial charge >= 0.3 is 15.5 Å². The minimum Gasteiger partial charge on any atom is -0.274 e. The minimum absolute atomic E-state index is 0.0448. The summed E-state index contributed by atoms with van der Waals surface area (Å²) in [5.41, 5.74) is -5.43. The Morgan fingerprint density at radius 2 is 1.82 bits per heavy atom. The zero-order valence-corrected chi connectivity index (χ0v) is 9.64. The van der Waals surface area contributed by atoms with Crippen molar-refractivity contribution < 1.29 is 26.4 Å². The van der Waals surface area contributed by atoms with Gasteiger partial charge < -0.3 is 0 Å². The lowest BCUT2D eigenvalue weighted by Crippen LogP contribution is -2.44. The summed E-state index contributed by atoms with van der Waals surface area (Å²) in [6, 6.07) is 0. The lowest BCUT2D eigenvalue weighted by Gasteiger charge is -2.20. The first kappa shape index (κ1) is 12.7. The summed E-state index contributed by atoms with van der Waals surface area (Å²) >= 11 is 0. The molecule has 0 aromatic heterocycles. The average Bonchev–Trinajstić information content (AvgIpc) is 2.75. The molecule has 17 heavy (non-hydrogen) atoms. The van der Waals surface area contributed by atoms with Gasteiger partial charge in [0.05, 0.1) is 0 Å². The second kappa shape index (κ2) is 3.86. The molecule has 0 spiro atoms. The summed E-state index contributed by atoms with van der Waals surface area (Å²) < 4.78 is 58.9. The first-order valence-corrected chi connectivity index (χ1v) is 6.82. The van der Waals surface area contributed by atoms with Gasteiger partial charge in [0.25, 0.3) is 0 Å². The van der Waals surface area contributed by atoms with Crippen LogP contribution in [0, 0.1) is 17.8 Å². The fraction of sp³-hybridized carbons (Fsp3) is 0.889. The number of halogens is 3. The van der Waals surface area contributed by atoms with Gasteiger partial charge in [-0.1, -0.05) is 6.42 Å². The third-order valence-corrected chi connectivity index (χ3v) is 4.69. The Balaban J connectivity index is 2.03. The number of alkyl halides is 3. The van der Waals surface area contributed by atoms with Crippen LogP contribution in [0.4, 0.5) is 13.2 Å². The number of fused-ring (bicyclic) bond motifs is 2. The van der Waals surface area contributed by atoms with E-state index < -0.39 is 27.4 Å². The predicted molar refractivity (Wildman–Crippen MR) is 52.1 cm³/mol. The Bertz CT molecular complexity index is 431. The van der Waals surface area contributed by atoms with E-state index in [0.717, 1.165) is 24.0 Å². The maximum Gasteiger partial charge on any atom is 0.516 e. The van der Waals surface area contributed by atoms with E-state index in [1.807, 2.05) is 0 Å². The summed E-state index contributed by atoms with van der Waals surface area (Å²) in [5, 5.41) is 0. The maximum atomic E-state index is 12.1. The van der Waals surface area contributed by atoms with Crippen molar-refractivity contribution in [2.75, 3.05) is 0 Å². The van der Waals surface area contributed by atoms with Crippen molar-refractivity contribution in [1.29, 1.82) is 0 Å². The van der Waals surface area contributed by atoms with Gasteiger partial charge in [0.15, 0.2) is 0 Å². The standard InChI is InChI=1S/C9H12F3NO3S/c10-9(11,12)17(15,16)13-8(14)7-4-5-1-2-6(7)3-5/h5-7H,1-4H2,(H,13,14). The minimum atomic E-state index is -5.55. The molecule has 2 saturated carbocycles. The number of carbonyl (C=O) groups excluding carboxylic acids is 1. The lowest BCUT2D eigenvalue weighted by molar-refractivity contribution is -0.125. The molecule has 3 unspecified atom stereocenters. The van der Waals surface area contributed by atoms with Crippen molar-refractivity contribution in [3.8, 4) is 0 Å². The van der Waals surface area contributed by atoms with Gasteiger partial charge in [-0.15, -0.1) is 0 Å². The quantitative estimate of drug-likeness (QED) is 0.825. The molecule has 2 aliphatic rings. The van der Waals surface area contributed by atoms with E-state index in [-0.39, 0.29) is 5.92 Å². The fourth-order valence-corrected chi connectivity index (χ4v) is 3.36. The van der Waals surface area contributed by atoms with Gasteiger partial charge in [0.2, 0.25) is 5.91 Å². The largest absolute Gasteiger partial charge is 0.516 e. The molecule has 98 valence electrons.